The number of rotatable bonds is 6. The van der Waals surface area contributed by atoms with Crippen LogP contribution < -0.4 is 5.32 Å². The Morgan fingerprint density at radius 2 is 1.93 bits per heavy atom. The van der Waals surface area contributed by atoms with E-state index in [-0.39, 0.29) is 29.7 Å². The van der Waals surface area contributed by atoms with Gasteiger partial charge in [0.1, 0.15) is 17.6 Å². The highest BCUT2D eigenvalue weighted by molar-refractivity contribution is 6.21. The molecule has 3 N–H and O–H groups in total. The second kappa shape index (κ2) is 7.46. The summed E-state index contributed by atoms with van der Waals surface area (Å²) in [6.07, 6.45) is 6.14. The molecule has 2 bridgehead atoms. The van der Waals surface area contributed by atoms with E-state index in [0.717, 1.165) is 41.8 Å². The number of hydrogen-bond acceptors (Lipinski definition) is 6. The Morgan fingerprint density at radius 3 is 2.69 bits per heavy atom. The topological polar surface area (TPSA) is 96.1 Å². The van der Waals surface area contributed by atoms with Crippen LogP contribution in [0.25, 0.3) is 11.2 Å². The number of aliphatic hydroxyl groups excluding tert-OH is 1. The quantitative estimate of drug-likeness (QED) is 0.537. The highest BCUT2D eigenvalue weighted by Gasteiger charge is 2.53. The van der Waals surface area contributed by atoms with Crippen molar-refractivity contribution in [2.75, 3.05) is 18.5 Å². The summed E-state index contributed by atoms with van der Waals surface area (Å²) in [5, 5.41) is 22.7. The second-order valence-electron chi connectivity index (χ2n) is 8.12. The van der Waals surface area contributed by atoms with Crippen molar-refractivity contribution in [3.63, 3.8) is 0 Å². The fraction of sp³-hybridized carbons (Fsp3) is 0.476. The monoisotopic (exact) mass is 413 g/mol. The molecule has 3 aromatic rings. The lowest BCUT2D eigenvalue weighted by molar-refractivity contribution is 0.185. The number of phenolic OH excluding ortho intramolecular Hbond substituents is 1. The van der Waals surface area contributed by atoms with Gasteiger partial charge in [-0.05, 0) is 54.7 Å². The number of alkyl halides is 1. The van der Waals surface area contributed by atoms with Crippen molar-refractivity contribution in [2.45, 2.75) is 30.7 Å². The third kappa shape index (κ3) is 3.22. The van der Waals surface area contributed by atoms with Gasteiger partial charge in [-0.15, -0.1) is 11.6 Å². The van der Waals surface area contributed by atoms with Crippen molar-refractivity contribution < 1.29 is 10.2 Å². The van der Waals surface area contributed by atoms with Gasteiger partial charge in [0.2, 0.25) is 0 Å². The fourth-order valence-electron chi connectivity index (χ4n) is 5.22. The van der Waals surface area contributed by atoms with E-state index < -0.39 is 0 Å². The smallest absolute Gasteiger partial charge is 0.165 e. The number of anilines is 1. The molecule has 2 aliphatic carbocycles. The first-order valence-electron chi connectivity index (χ1n) is 10.1. The molecule has 2 heterocycles. The molecule has 2 aromatic heterocycles. The summed E-state index contributed by atoms with van der Waals surface area (Å²) in [5.41, 5.74) is 2.73. The molecule has 0 amide bonds. The molecule has 2 fully saturated rings. The summed E-state index contributed by atoms with van der Waals surface area (Å²) in [7, 11) is 0. The van der Waals surface area contributed by atoms with Gasteiger partial charge in [0.05, 0.1) is 6.33 Å². The Kier molecular flexibility index (Phi) is 4.80. The fourth-order valence-corrected chi connectivity index (χ4v) is 5.71. The number of aromatic hydroxyl groups is 1. The number of nitrogens with one attached hydrogen (secondary N) is 1. The lowest BCUT2D eigenvalue weighted by atomic mass is 9.94. The van der Waals surface area contributed by atoms with Gasteiger partial charge in [-0.2, -0.15) is 0 Å². The predicted molar refractivity (Wildman–Crippen MR) is 111 cm³/mol. The zero-order valence-electron chi connectivity index (χ0n) is 15.9. The van der Waals surface area contributed by atoms with Crippen LogP contribution in [0.2, 0.25) is 0 Å². The van der Waals surface area contributed by atoms with Gasteiger partial charge in [0.25, 0.3) is 0 Å². The molecule has 0 aliphatic heterocycles. The van der Waals surface area contributed by atoms with E-state index in [9.17, 15) is 10.2 Å². The predicted octanol–water partition coefficient (Wildman–Crippen LogP) is 2.98. The van der Waals surface area contributed by atoms with E-state index >= 15 is 0 Å². The van der Waals surface area contributed by atoms with Crippen LogP contribution in [0.1, 0.15) is 24.4 Å². The minimum Gasteiger partial charge on any atom is -0.508 e. The largest absolute Gasteiger partial charge is 0.508 e. The molecule has 8 heteroatoms. The van der Waals surface area contributed by atoms with E-state index in [4.69, 9.17) is 11.6 Å². The van der Waals surface area contributed by atoms with Gasteiger partial charge in [-0.3, -0.25) is 0 Å². The molecule has 7 nitrogen and oxygen atoms in total. The van der Waals surface area contributed by atoms with Crippen molar-refractivity contribution in [1.29, 1.82) is 0 Å². The first-order valence-corrected chi connectivity index (χ1v) is 10.5. The van der Waals surface area contributed by atoms with Gasteiger partial charge < -0.3 is 20.1 Å². The highest BCUT2D eigenvalue weighted by Crippen LogP contribution is 2.56. The number of imidazole rings is 1. The summed E-state index contributed by atoms with van der Waals surface area (Å²) in [4.78, 5) is 13.5. The lowest BCUT2D eigenvalue weighted by Gasteiger charge is -2.25. The SMILES string of the molecule is OC[C@H]1[C@@H]2C[C@H](n3cnc4c(NCCc5ccc(O)cc5)ncnc43)[C@H]1C[C@@H]2Cl. The van der Waals surface area contributed by atoms with Crippen molar-refractivity contribution in [3.8, 4) is 5.75 Å². The van der Waals surface area contributed by atoms with E-state index in [1.165, 1.54) is 0 Å². The van der Waals surface area contributed by atoms with Gasteiger partial charge in [-0.1, -0.05) is 12.1 Å². The van der Waals surface area contributed by atoms with Crippen molar-refractivity contribution >= 4 is 28.6 Å². The van der Waals surface area contributed by atoms with Crippen LogP contribution in [0.3, 0.4) is 0 Å². The van der Waals surface area contributed by atoms with Crippen molar-refractivity contribution in [3.05, 3.63) is 42.5 Å². The Hall–Kier alpha value is -2.38. The summed E-state index contributed by atoms with van der Waals surface area (Å²) in [6.45, 7) is 0.902. The van der Waals surface area contributed by atoms with Gasteiger partial charge in [-0.25, -0.2) is 15.0 Å². The molecule has 0 unspecified atom stereocenters. The van der Waals surface area contributed by atoms with Crippen LogP contribution >= 0.6 is 11.6 Å². The van der Waals surface area contributed by atoms with Crippen molar-refractivity contribution in [2.24, 2.45) is 17.8 Å². The minimum absolute atomic E-state index is 0.162. The average molecular weight is 414 g/mol. The number of benzene rings is 1. The molecule has 0 radical (unpaired) electrons. The van der Waals surface area contributed by atoms with E-state index in [1.54, 1.807) is 18.5 Å². The van der Waals surface area contributed by atoms with Gasteiger partial charge in [0.15, 0.2) is 11.5 Å². The number of fused-ring (bicyclic) bond motifs is 3. The molecule has 0 saturated heterocycles. The second-order valence-corrected chi connectivity index (χ2v) is 8.68. The van der Waals surface area contributed by atoms with E-state index in [0.29, 0.717) is 18.4 Å². The standard InChI is InChI=1S/C21H24ClN5O2/c22-17-7-15-16(9-28)14(17)8-18(15)27-11-26-19-20(24-10-25-21(19)27)23-6-5-12-1-3-13(29)4-2-12/h1-4,10-11,14-18,28-29H,5-9H2,(H,23,24,25)/t14-,15-,16-,17-,18-/m0/s1. The molecular formula is C21H24ClN5O2. The molecule has 5 atom stereocenters. The maximum atomic E-state index is 9.81. The highest BCUT2D eigenvalue weighted by atomic mass is 35.5. The third-order valence-corrected chi connectivity index (χ3v) is 7.14. The number of aromatic nitrogens is 4. The number of nitrogens with zero attached hydrogens (tertiary/aromatic N) is 4. The average Bonchev–Trinajstić information content (AvgIpc) is 3.39. The molecule has 2 aliphatic rings. The molecule has 0 spiro atoms. The Balaban J connectivity index is 1.34. The van der Waals surface area contributed by atoms with Crippen LogP contribution in [-0.4, -0.2) is 48.3 Å². The van der Waals surface area contributed by atoms with E-state index in [1.807, 2.05) is 18.5 Å². The molecule has 2 saturated carbocycles. The molecule has 5 rings (SSSR count). The van der Waals surface area contributed by atoms with Crippen LogP contribution in [0.15, 0.2) is 36.9 Å². The summed E-state index contributed by atoms with van der Waals surface area (Å²) >= 11 is 6.48. The molecule has 152 valence electrons. The van der Waals surface area contributed by atoms with E-state index in [2.05, 4.69) is 24.8 Å². The number of aliphatic hydroxyl groups is 1. The summed E-state index contributed by atoms with van der Waals surface area (Å²) < 4.78 is 2.15. The summed E-state index contributed by atoms with van der Waals surface area (Å²) in [5.74, 6) is 1.99. The number of hydrogen-bond donors (Lipinski definition) is 3. The lowest BCUT2D eigenvalue weighted by Crippen LogP contribution is -2.21. The Bertz CT molecular complexity index is 1010. The third-order valence-electron chi connectivity index (χ3n) is 6.64. The summed E-state index contributed by atoms with van der Waals surface area (Å²) in [6, 6.07) is 7.49. The van der Waals surface area contributed by atoms with Gasteiger partial charge in [0, 0.05) is 24.6 Å². The van der Waals surface area contributed by atoms with Crippen LogP contribution in [0.5, 0.6) is 5.75 Å². The number of halogens is 1. The van der Waals surface area contributed by atoms with Crippen LogP contribution in [0.4, 0.5) is 5.82 Å². The number of phenols is 1. The molecule has 1 aromatic carbocycles. The maximum Gasteiger partial charge on any atom is 0.165 e. The first-order chi connectivity index (χ1) is 14.2. The molecule has 29 heavy (non-hydrogen) atoms. The Labute approximate surface area is 173 Å². The van der Waals surface area contributed by atoms with Crippen LogP contribution in [-0.2, 0) is 6.42 Å². The Morgan fingerprint density at radius 1 is 1.10 bits per heavy atom. The van der Waals surface area contributed by atoms with Gasteiger partial charge >= 0.3 is 0 Å². The zero-order chi connectivity index (χ0) is 20.0. The normalized spacial score (nSPS) is 28.3. The first kappa shape index (κ1) is 18.6. The zero-order valence-corrected chi connectivity index (χ0v) is 16.7. The maximum absolute atomic E-state index is 9.81. The van der Waals surface area contributed by atoms with Crippen molar-refractivity contribution in [1.82, 2.24) is 19.5 Å². The minimum atomic E-state index is 0.162. The van der Waals surface area contributed by atoms with Crippen LogP contribution in [0, 0.1) is 17.8 Å². The molecular weight excluding hydrogens is 390 g/mol.